The fraction of sp³-hybridized carbons (Fsp3) is 0.600. The molecule has 21 heavy (non-hydrogen) atoms. The third-order valence-electron chi connectivity index (χ3n) is 3.87. The minimum atomic E-state index is -3.56. The molecule has 1 aliphatic heterocycles. The quantitative estimate of drug-likeness (QED) is 0.865. The molecule has 1 fully saturated rings. The van der Waals surface area contributed by atoms with E-state index in [1.165, 1.54) is 4.31 Å². The lowest BCUT2D eigenvalue weighted by atomic mass is 10.1. The van der Waals surface area contributed by atoms with Crippen molar-refractivity contribution in [3.63, 3.8) is 0 Å². The zero-order valence-electron chi connectivity index (χ0n) is 12.6. The fourth-order valence-electron chi connectivity index (χ4n) is 2.57. The van der Waals surface area contributed by atoms with Crippen molar-refractivity contribution >= 4 is 10.0 Å². The van der Waals surface area contributed by atoms with Gasteiger partial charge in [-0.15, -0.1) is 0 Å². The molecular formula is C15H23NO4S. The summed E-state index contributed by atoms with van der Waals surface area (Å²) in [6, 6.07) is 5.11. The van der Waals surface area contributed by atoms with Crippen LogP contribution < -0.4 is 0 Å². The predicted octanol–water partition coefficient (Wildman–Crippen LogP) is 1.54. The Labute approximate surface area is 126 Å². The van der Waals surface area contributed by atoms with E-state index in [4.69, 9.17) is 4.74 Å². The Kier molecular flexibility index (Phi) is 5.37. The molecule has 6 heteroatoms. The number of rotatable bonds is 6. The Hall–Kier alpha value is -0.950. The number of nitrogens with zero attached hydrogens (tertiary/aromatic N) is 1. The highest BCUT2D eigenvalue weighted by molar-refractivity contribution is 7.89. The van der Waals surface area contributed by atoms with E-state index < -0.39 is 10.0 Å². The molecule has 1 aromatic carbocycles. The summed E-state index contributed by atoms with van der Waals surface area (Å²) in [5.41, 5.74) is 1.38. The first-order valence-electron chi connectivity index (χ1n) is 7.29. The van der Waals surface area contributed by atoms with Crippen molar-refractivity contribution in [3.05, 3.63) is 29.3 Å². The van der Waals surface area contributed by atoms with E-state index >= 15 is 0 Å². The van der Waals surface area contributed by atoms with Crippen LogP contribution >= 0.6 is 0 Å². The summed E-state index contributed by atoms with van der Waals surface area (Å²) in [6.45, 7) is 2.84. The fourth-order valence-corrected chi connectivity index (χ4v) is 4.11. The summed E-state index contributed by atoms with van der Waals surface area (Å²) in [5.74, 6) is 0. The van der Waals surface area contributed by atoms with Crippen LogP contribution in [0, 0.1) is 0 Å². The second-order valence-electron chi connectivity index (χ2n) is 5.37. The molecule has 118 valence electrons. The number of benzene rings is 1. The van der Waals surface area contributed by atoms with Crippen LogP contribution in [0.15, 0.2) is 23.1 Å². The predicted molar refractivity (Wildman–Crippen MR) is 80.5 cm³/mol. The average molecular weight is 313 g/mol. The van der Waals surface area contributed by atoms with Gasteiger partial charge in [0.25, 0.3) is 0 Å². The van der Waals surface area contributed by atoms with Gasteiger partial charge in [0.05, 0.1) is 17.6 Å². The van der Waals surface area contributed by atoms with Gasteiger partial charge in [0.1, 0.15) is 0 Å². The molecule has 0 aliphatic carbocycles. The third-order valence-corrected chi connectivity index (χ3v) is 5.77. The zero-order valence-corrected chi connectivity index (χ0v) is 13.4. The molecule has 1 N–H and O–H groups in total. The first-order valence-corrected chi connectivity index (χ1v) is 8.73. The average Bonchev–Trinajstić information content (AvgIpc) is 2.99. The largest absolute Gasteiger partial charge is 0.392 e. The molecule has 1 aliphatic rings. The van der Waals surface area contributed by atoms with Crippen molar-refractivity contribution < 1.29 is 18.3 Å². The van der Waals surface area contributed by atoms with Crippen LogP contribution in [-0.4, -0.2) is 44.1 Å². The van der Waals surface area contributed by atoms with Crippen LogP contribution in [0.5, 0.6) is 0 Å². The van der Waals surface area contributed by atoms with Crippen molar-refractivity contribution in [1.82, 2.24) is 4.31 Å². The third kappa shape index (κ3) is 3.63. The lowest BCUT2D eigenvalue weighted by Gasteiger charge is -2.22. The number of likely N-dealkylation sites (N-methyl/N-ethyl adjacent to an activating group) is 1. The lowest BCUT2D eigenvalue weighted by Crippen LogP contribution is -2.34. The van der Waals surface area contributed by atoms with Crippen molar-refractivity contribution in [2.24, 2.45) is 0 Å². The van der Waals surface area contributed by atoms with Gasteiger partial charge in [0.2, 0.25) is 10.0 Å². The van der Waals surface area contributed by atoms with Gasteiger partial charge in [-0.3, -0.25) is 0 Å². The molecule has 0 amide bonds. The SMILES string of the molecule is CCc1ccc(CO)cc1S(=O)(=O)N(C)CC1CCCO1. The molecule has 0 aromatic heterocycles. The number of sulfonamides is 1. The van der Waals surface area contributed by atoms with Crippen molar-refractivity contribution in [1.29, 1.82) is 0 Å². The minimum absolute atomic E-state index is 0.0177. The van der Waals surface area contributed by atoms with Gasteiger partial charge in [-0.05, 0) is 36.5 Å². The summed E-state index contributed by atoms with van der Waals surface area (Å²) in [5, 5.41) is 9.23. The molecule has 1 unspecified atom stereocenters. The Morgan fingerprint density at radius 2 is 2.19 bits per heavy atom. The maximum Gasteiger partial charge on any atom is 0.243 e. The van der Waals surface area contributed by atoms with Gasteiger partial charge < -0.3 is 9.84 Å². The summed E-state index contributed by atoms with van der Waals surface area (Å²) in [6.07, 6.45) is 2.50. The number of hydrogen-bond donors (Lipinski definition) is 1. The van der Waals surface area contributed by atoms with Crippen LogP contribution in [0.4, 0.5) is 0 Å². The van der Waals surface area contributed by atoms with Gasteiger partial charge in [0, 0.05) is 20.2 Å². The molecule has 0 saturated carbocycles. The Bertz CT molecular complexity index is 579. The van der Waals surface area contributed by atoms with Gasteiger partial charge in [-0.25, -0.2) is 8.42 Å². The maximum absolute atomic E-state index is 12.8. The summed E-state index contributed by atoms with van der Waals surface area (Å²) >= 11 is 0. The second kappa shape index (κ2) is 6.87. The highest BCUT2D eigenvalue weighted by Crippen LogP contribution is 2.23. The van der Waals surface area contributed by atoms with E-state index in [9.17, 15) is 13.5 Å². The van der Waals surface area contributed by atoms with E-state index in [1.807, 2.05) is 6.92 Å². The number of hydrogen-bond acceptors (Lipinski definition) is 4. The Morgan fingerprint density at radius 3 is 2.76 bits per heavy atom. The summed E-state index contributed by atoms with van der Waals surface area (Å²) in [4.78, 5) is 0.289. The highest BCUT2D eigenvalue weighted by Gasteiger charge is 2.27. The molecule has 0 spiro atoms. The van der Waals surface area contributed by atoms with E-state index in [0.29, 0.717) is 25.1 Å². The van der Waals surface area contributed by atoms with E-state index in [1.54, 1.807) is 25.2 Å². The summed E-state index contributed by atoms with van der Waals surface area (Å²) < 4.78 is 32.4. The maximum atomic E-state index is 12.8. The van der Waals surface area contributed by atoms with Crippen molar-refractivity contribution in [2.45, 2.75) is 43.8 Å². The normalized spacial score (nSPS) is 19.3. The molecule has 0 bridgehead atoms. The second-order valence-corrected chi connectivity index (χ2v) is 7.39. The summed E-state index contributed by atoms with van der Waals surface area (Å²) in [7, 11) is -1.97. The molecular weight excluding hydrogens is 290 g/mol. The van der Waals surface area contributed by atoms with E-state index in [-0.39, 0.29) is 17.6 Å². The van der Waals surface area contributed by atoms with E-state index in [2.05, 4.69) is 0 Å². The van der Waals surface area contributed by atoms with Crippen LogP contribution in [0.2, 0.25) is 0 Å². The molecule has 1 aromatic rings. The topological polar surface area (TPSA) is 66.8 Å². The van der Waals surface area contributed by atoms with Crippen LogP contribution in [0.3, 0.4) is 0 Å². The van der Waals surface area contributed by atoms with Gasteiger partial charge >= 0.3 is 0 Å². The van der Waals surface area contributed by atoms with Crippen LogP contribution in [0.1, 0.15) is 30.9 Å². The van der Waals surface area contributed by atoms with Crippen LogP contribution in [0.25, 0.3) is 0 Å². The lowest BCUT2D eigenvalue weighted by molar-refractivity contribution is 0.0979. The van der Waals surface area contributed by atoms with Gasteiger partial charge in [-0.2, -0.15) is 4.31 Å². The molecule has 1 atom stereocenters. The zero-order chi connectivity index (χ0) is 15.5. The minimum Gasteiger partial charge on any atom is -0.392 e. The molecule has 1 saturated heterocycles. The van der Waals surface area contributed by atoms with Gasteiger partial charge in [0.15, 0.2) is 0 Å². The van der Waals surface area contributed by atoms with Gasteiger partial charge in [-0.1, -0.05) is 19.1 Å². The number of ether oxygens (including phenoxy) is 1. The molecule has 5 nitrogen and oxygen atoms in total. The van der Waals surface area contributed by atoms with Crippen molar-refractivity contribution in [2.75, 3.05) is 20.2 Å². The van der Waals surface area contributed by atoms with Crippen molar-refractivity contribution in [3.8, 4) is 0 Å². The smallest absolute Gasteiger partial charge is 0.243 e. The number of aliphatic hydroxyl groups excluding tert-OH is 1. The Morgan fingerprint density at radius 1 is 1.43 bits per heavy atom. The Balaban J connectivity index is 2.28. The highest BCUT2D eigenvalue weighted by atomic mass is 32.2. The first-order chi connectivity index (χ1) is 9.98. The standard InChI is InChI=1S/C15H23NO4S/c1-3-13-7-6-12(11-17)9-15(13)21(18,19)16(2)10-14-5-4-8-20-14/h6-7,9,14,17H,3-5,8,10-11H2,1-2H3. The monoisotopic (exact) mass is 313 g/mol. The van der Waals surface area contributed by atoms with E-state index in [0.717, 1.165) is 18.4 Å². The number of aryl methyl sites for hydroxylation is 1. The first kappa shape index (κ1) is 16.4. The molecule has 2 rings (SSSR count). The number of aliphatic hydroxyl groups is 1. The van der Waals surface area contributed by atoms with Crippen LogP contribution in [-0.2, 0) is 27.8 Å². The molecule has 0 radical (unpaired) electrons. The molecule has 1 heterocycles.